The average molecular weight is 602 g/mol. The number of carboxylic acids is 1. The van der Waals surface area contributed by atoms with Gasteiger partial charge in [-0.3, -0.25) is 14.4 Å². The van der Waals surface area contributed by atoms with Crippen molar-refractivity contribution in [2.24, 2.45) is 17.8 Å². The summed E-state index contributed by atoms with van der Waals surface area (Å²) in [5, 5.41) is 12.6. The topological polar surface area (TPSA) is 135 Å². The molecule has 1 aromatic rings. The molecule has 2 fully saturated rings. The minimum atomic E-state index is -0.969. The molecular formula is C32H47N3O8. The lowest BCUT2D eigenvalue weighted by molar-refractivity contribution is -0.142. The van der Waals surface area contributed by atoms with E-state index in [0.717, 1.165) is 18.4 Å². The number of aryl methyl sites for hydroxylation is 1. The van der Waals surface area contributed by atoms with E-state index in [-0.39, 0.29) is 36.3 Å². The molecule has 238 valence electrons. The second kappa shape index (κ2) is 15.6. The summed E-state index contributed by atoms with van der Waals surface area (Å²) in [6, 6.07) is 5.48. The van der Waals surface area contributed by atoms with E-state index in [2.05, 4.69) is 5.32 Å². The van der Waals surface area contributed by atoms with Crippen LogP contribution >= 0.6 is 0 Å². The van der Waals surface area contributed by atoms with Crippen molar-refractivity contribution in [2.45, 2.75) is 64.9 Å². The molecule has 0 saturated carbocycles. The first-order chi connectivity index (χ1) is 20.4. The Morgan fingerprint density at radius 3 is 2.35 bits per heavy atom. The number of rotatable bonds is 11. The zero-order chi connectivity index (χ0) is 31.6. The molecule has 2 aliphatic heterocycles. The Bertz CT molecular complexity index is 1150. The summed E-state index contributed by atoms with van der Waals surface area (Å²) in [6.45, 7) is 7.59. The summed E-state index contributed by atoms with van der Waals surface area (Å²) >= 11 is 0. The van der Waals surface area contributed by atoms with E-state index in [9.17, 15) is 24.3 Å². The third kappa shape index (κ3) is 10.5. The maximum Gasteiger partial charge on any atom is 0.410 e. The number of nitrogens with one attached hydrogen (secondary N) is 1. The number of carbonyl (C=O) groups excluding carboxylic acids is 3. The molecule has 2 atom stereocenters. The van der Waals surface area contributed by atoms with Gasteiger partial charge in [0.25, 0.3) is 0 Å². The van der Waals surface area contributed by atoms with Gasteiger partial charge in [-0.1, -0.05) is 12.1 Å². The van der Waals surface area contributed by atoms with Crippen LogP contribution in [0.5, 0.6) is 11.5 Å². The maximum atomic E-state index is 13.0. The quantitative estimate of drug-likeness (QED) is 0.365. The van der Waals surface area contributed by atoms with Crippen molar-refractivity contribution in [3.05, 3.63) is 35.9 Å². The summed E-state index contributed by atoms with van der Waals surface area (Å²) in [6.07, 6.45) is 6.90. The van der Waals surface area contributed by atoms with Crippen LogP contribution in [-0.4, -0.2) is 91.3 Å². The molecule has 2 aliphatic rings. The fourth-order valence-electron chi connectivity index (χ4n) is 5.37. The number of piperidine rings is 2. The van der Waals surface area contributed by atoms with E-state index in [4.69, 9.17) is 14.2 Å². The highest BCUT2D eigenvalue weighted by Gasteiger charge is 2.30. The summed E-state index contributed by atoms with van der Waals surface area (Å²) in [5.41, 5.74) is 0.382. The number of carbonyl (C=O) groups is 4. The number of ether oxygens (including phenoxy) is 3. The van der Waals surface area contributed by atoms with Crippen molar-refractivity contribution in [1.29, 1.82) is 0 Å². The number of aliphatic carboxylic acids is 1. The largest absolute Gasteiger partial charge is 0.493 e. The number of nitrogens with zero attached hydrogens (tertiary/aromatic N) is 2. The van der Waals surface area contributed by atoms with Gasteiger partial charge < -0.3 is 34.4 Å². The Balaban J connectivity index is 1.44. The van der Waals surface area contributed by atoms with E-state index in [1.165, 1.54) is 0 Å². The van der Waals surface area contributed by atoms with Crippen LogP contribution < -0.4 is 14.8 Å². The number of likely N-dealkylation sites (tertiary alicyclic amines) is 2. The lowest BCUT2D eigenvalue weighted by atomic mass is 9.95. The number of amides is 3. The third-order valence-electron chi connectivity index (χ3n) is 7.91. The molecule has 0 spiro atoms. The lowest BCUT2D eigenvalue weighted by Gasteiger charge is -2.33. The minimum Gasteiger partial charge on any atom is -0.493 e. The van der Waals surface area contributed by atoms with Crippen LogP contribution in [0.1, 0.15) is 58.4 Å². The molecule has 0 unspecified atom stereocenters. The van der Waals surface area contributed by atoms with Gasteiger partial charge in [-0.25, -0.2) is 4.79 Å². The molecule has 3 rings (SSSR count). The first kappa shape index (κ1) is 33.7. The van der Waals surface area contributed by atoms with Crippen LogP contribution in [0.3, 0.4) is 0 Å². The maximum absolute atomic E-state index is 13.0. The first-order valence-corrected chi connectivity index (χ1v) is 15.1. The SMILES string of the molecule is COc1ccc(CC[C@H](CNC(=O)[C@@H]2CCCN(C(=O)/C=C/C3CCN(C(=O)OC(C)(C)C)CC3)C2)C(=O)O)cc1OC. The fourth-order valence-corrected chi connectivity index (χ4v) is 5.37. The number of benzene rings is 1. The number of hydrogen-bond donors (Lipinski definition) is 2. The van der Waals surface area contributed by atoms with Gasteiger partial charge in [-0.2, -0.15) is 0 Å². The monoisotopic (exact) mass is 601 g/mol. The van der Waals surface area contributed by atoms with Gasteiger partial charge in [0.1, 0.15) is 5.60 Å². The predicted molar refractivity (Wildman–Crippen MR) is 161 cm³/mol. The highest BCUT2D eigenvalue weighted by Crippen LogP contribution is 2.28. The summed E-state index contributed by atoms with van der Waals surface area (Å²) in [5.74, 6) is -1.09. The second-order valence-electron chi connectivity index (χ2n) is 12.3. The van der Waals surface area contributed by atoms with Crippen LogP contribution in [0.25, 0.3) is 0 Å². The molecule has 2 heterocycles. The molecule has 3 amide bonds. The van der Waals surface area contributed by atoms with Crippen LogP contribution in [0.4, 0.5) is 4.79 Å². The van der Waals surface area contributed by atoms with Gasteiger partial charge in [-0.15, -0.1) is 0 Å². The van der Waals surface area contributed by atoms with E-state index >= 15 is 0 Å². The normalized spacial score (nSPS) is 18.7. The van der Waals surface area contributed by atoms with Crippen molar-refractivity contribution in [3.63, 3.8) is 0 Å². The van der Waals surface area contributed by atoms with Crippen molar-refractivity contribution >= 4 is 23.9 Å². The van der Waals surface area contributed by atoms with E-state index in [1.807, 2.05) is 39.0 Å². The fraction of sp³-hybridized carbons (Fsp3) is 0.625. The zero-order valence-corrected chi connectivity index (χ0v) is 26.1. The average Bonchev–Trinajstić information content (AvgIpc) is 2.98. The number of allylic oxidation sites excluding steroid dienone is 1. The number of hydrogen-bond acceptors (Lipinski definition) is 7. The molecule has 11 nitrogen and oxygen atoms in total. The molecule has 0 radical (unpaired) electrons. The third-order valence-corrected chi connectivity index (χ3v) is 7.91. The standard InChI is InChI=1S/C32H47N3O8/c1-32(2,3)43-31(40)34-17-14-22(15-18-34)10-13-28(36)35-16-6-7-25(21-35)29(37)33-20-24(30(38)39)11-8-23-9-12-26(41-4)27(19-23)42-5/h9-10,12-13,19,22,24-25H,6-8,11,14-18,20-21H2,1-5H3,(H,33,37)(H,38,39)/b13-10+/t24-,25-/m1/s1. The molecule has 0 aromatic heterocycles. The summed E-state index contributed by atoms with van der Waals surface area (Å²) < 4.78 is 16.0. The van der Waals surface area contributed by atoms with Gasteiger partial charge in [0.2, 0.25) is 11.8 Å². The highest BCUT2D eigenvalue weighted by atomic mass is 16.6. The Morgan fingerprint density at radius 2 is 1.72 bits per heavy atom. The molecule has 2 saturated heterocycles. The first-order valence-electron chi connectivity index (χ1n) is 15.1. The molecule has 1 aromatic carbocycles. The zero-order valence-electron chi connectivity index (χ0n) is 26.1. The van der Waals surface area contributed by atoms with Gasteiger partial charge in [-0.05, 0) is 89.0 Å². The smallest absolute Gasteiger partial charge is 0.410 e. The van der Waals surface area contributed by atoms with Gasteiger partial charge in [0.15, 0.2) is 11.5 Å². The minimum absolute atomic E-state index is 0.0216. The van der Waals surface area contributed by atoms with Crippen LogP contribution in [0.2, 0.25) is 0 Å². The van der Waals surface area contributed by atoms with E-state index in [0.29, 0.717) is 63.4 Å². The Morgan fingerprint density at radius 1 is 1.02 bits per heavy atom. The molecule has 43 heavy (non-hydrogen) atoms. The summed E-state index contributed by atoms with van der Waals surface area (Å²) in [7, 11) is 3.10. The van der Waals surface area contributed by atoms with Gasteiger partial charge in [0.05, 0.1) is 26.1 Å². The van der Waals surface area contributed by atoms with E-state index < -0.39 is 17.5 Å². The molecule has 0 aliphatic carbocycles. The molecule has 0 bridgehead atoms. The van der Waals surface area contributed by atoms with Crippen molar-refractivity contribution in [1.82, 2.24) is 15.1 Å². The van der Waals surface area contributed by atoms with Gasteiger partial charge in [0, 0.05) is 32.7 Å². The van der Waals surface area contributed by atoms with Gasteiger partial charge >= 0.3 is 12.1 Å². The predicted octanol–water partition coefficient (Wildman–Crippen LogP) is 3.90. The summed E-state index contributed by atoms with van der Waals surface area (Å²) in [4.78, 5) is 53.5. The number of carboxylic acid groups (broad SMARTS) is 1. The van der Waals surface area contributed by atoms with Crippen molar-refractivity contribution in [2.75, 3.05) is 46.9 Å². The van der Waals surface area contributed by atoms with Crippen molar-refractivity contribution < 1.29 is 38.5 Å². The molecule has 11 heteroatoms. The van der Waals surface area contributed by atoms with Crippen LogP contribution in [0.15, 0.2) is 30.4 Å². The second-order valence-corrected chi connectivity index (χ2v) is 12.3. The van der Waals surface area contributed by atoms with Crippen molar-refractivity contribution in [3.8, 4) is 11.5 Å². The molecule has 2 N–H and O–H groups in total. The van der Waals surface area contributed by atoms with Crippen LogP contribution in [-0.2, 0) is 25.5 Å². The Labute approximate surface area is 254 Å². The van der Waals surface area contributed by atoms with Crippen LogP contribution in [0, 0.1) is 17.8 Å². The van der Waals surface area contributed by atoms with E-state index in [1.54, 1.807) is 36.2 Å². The molecular weight excluding hydrogens is 554 g/mol. The highest BCUT2D eigenvalue weighted by molar-refractivity contribution is 5.88. The number of methoxy groups -OCH3 is 2. The Hall–Kier alpha value is -3.76. The Kier molecular flexibility index (Phi) is 12.3. The lowest BCUT2D eigenvalue weighted by Crippen LogP contribution is -2.46.